The number of hydrogen-bond acceptors (Lipinski definition) is 3. The van der Waals surface area contributed by atoms with E-state index in [4.69, 9.17) is 10.5 Å². The summed E-state index contributed by atoms with van der Waals surface area (Å²) in [6, 6.07) is 0. The zero-order valence-corrected chi connectivity index (χ0v) is 13.7. The van der Waals surface area contributed by atoms with Crippen LogP contribution in [0.25, 0.3) is 0 Å². The van der Waals surface area contributed by atoms with E-state index in [1.807, 2.05) is 0 Å². The van der Waals surface area contributed by atoms with Gasteiger partial charge in [0.15, 0.2) is 0 Å². The van der Waals surface area contributed by atoms with Gasteiger partial charge in [0, 0.05) is 25.7 Å². The smallest absolute Gasteiger partial charge is 0.0589 e. The van der Waals surface area contributed by atoms with Crippen molar-refractivity contribution in [2.24, 2.45) is 17.1 Å². The molecule has 0 aromatic carbocycles. The molecule has 0 radical (unpaired) electrons. The molecule has 0 heterocycles. The van der Waals surface area contributed by atoms with Crippen molar-refractivity contribution in [2.45, 2.75) is 58.4 Å². The number of hydrogen-bond donors (Lipinski definition) is 1. The third-order valence-electron chi connectivity index (χ3n) is 5.75. The molecule has 114 valence electrons. The van der Waals surface area contributed by atoms with Crippen molar-refractivity contribution in [1.29, 1.82) is 0 Å². The zero-order chi connectivity index (χ0) is 14.5. The van der Waals surface area contributed by atoms with Gasteiger partial charge in [-0.05, 0) is 44.1 Å². The quantitative estimate of drug-likeness (QED) is 0.773. The summed E-state index contributed by atoms with van der Waals surface area (Å²) in [5.41, 5.74) is 6.80. The third-order valence-corrected chi connectivity index (χ3v) is 5.75. The van der Waals surface area contributed by atoms with E-state index in [-0.39, 0.29) is 5.54 Å². The maximum atomic E-state index is 6.12. The highest BCUT2D eigenvalue weighted by atomic mass is 16.5. The second-order valence-electron chi connectivity index (χ2n) is 6.96. The standard InChI is InChI=1S/C16H34N2O/c1-6-15(2,3)14-7-9-16(13-17,10-8-14)18(4)11-12-19-5/h14H,6-13,17H2,1-5H3. The molecule has 19 heavy (non-hydrogen) atoms. The topological polar surface area (TPSA) is 38.5 Å². The van der Waals surface area contributed by atoms with E-state index in [0.29, 0.717) is 5.41 Å². The molecule has 1 rings (SSSR count). The molecule has 1 saturated carbocycles. The zero-order valence-electron chi connectivity index (χ0n) is 13.7. The van der Waals surface area contributed by atoms with Gasteiger partial charge in [0.25, 0.3) is 0 Å². The fourth-order valence-corrected chi connectivity index (χ4v) is 3.43. The highest BCUT2D eigenvalue weighted by Crippen LogP contribution is 2.44. The summed E-state index contributed by atoms with van der Waals surface area (Å²) < 4.78 is 5.20. The number of rotatable bonds is 7. The number of nitrogens with zero attached hydrogens (tertiary/aromatic N) is 1. The van der Waals surface area contributed by atoms with Crippen molar-refractivity contribution < 1.29 is 4.74 Å². The van der Waals surface area contributed by atoms with Gasteiger partial charge in [-0.25, -0.2) is 0 Å². The van der Waals surface area contributed by atoms with E-state index in [1.165, 1.54) is 32.1 Å². The molecule has 0 spiro atoms. The number of likely N-dealkylation sites (N-methyl/N-ethyl adjacent to an activating group) is 1. The van der Waals surface area contributed by atoms with Crippen molar-refractivity contribution in [3.8, 4) is 0 Å². The number of nitrogens with two attached hydrogens (primary N) is 1. The molecule has 0 unspecified atom stereocenters. The van der Waals surface area contributed by atoms with Crippen LogP contribution >= 0.6 is 0 Å². The molecule has 0 amide bonds. The maximum absolute atomic E-state index is 6.12. The Labute approximate surface area is 119 Å². The van der Waals surface area contributed by atoms with Crippen molar-refractivity contribution in [3.63, 3.8) is 0 Å². The second-order valence-corrected chi connectivity index (χ2v) is 6.96. The minimum absolute atomic E-state index is 0.207. The maximum Gasteiger partial charge on any atom is 0.0589 e. The van der Waals surface area contributed by atoms with Crippen molar-refractivity contribution in [3.05, 3.63) is 0 Å². The van der Waals surface area contributed by atoms with Crippen LogP contribution in [0.1, 0.15) is 52.9 Å². The van der Waals surface area contributed by atoms with Crippen molar-refractivity contribution in [2.75, 3.05) is 33.9 Å². The summed E-state index contributed by atoms with van der Waals surface area (Å²) in [6.45, 7) is 9.70. The first-order valence-electron chi connectivity index (χ1n) is 7.82. The summed E-state index contributed by atoms with van der Waals surface area (Å²) in [7, 11) is 3.97. The van der Waals surface area contributed by atoms with E-state index in [2.05, 4.69) is 32.7 Å². The molecular formula is C16H34N2O. The average Bonchev–Trinajstić information content (AvgIpc) is 2.44. The van der Waals surface area contributed by atoms with E-state index < -0.39 is 0 Å². The lowest BCUT2D eigenvalue weighted by Gasteiger charge is -2.49. The monoisotopic (exact) mass is 270 g/mol. The average molecular weight is 270 g/mol. The molecule has 2 N–H and O–H groups in total. The predicted molar refractivity (Wildman–Crippen MR) is 82.3 cm³/mol. The van der Waals surface area contributed by atoms with Gasteiger partial charge in [-0.2, -0.15) is 0 Å². The molecule has 1 aliphatic carbocycles. The van der Waals surface area contributed by atoms with E-state index in [0.717, 1.165) is 25.6 Å². The van der Waals surface area contributed by atoms with E-state index in [9.17, 15) is 0 Å². The Morgan fingerprint density at radius 3 is 2.32 bits per heavy atom. The Bertz CT molecular complexity index is 257. The molecule has 3 nitrogen and oxygen atoms in total. The van der Waals surface area contributed by atoms with Crippen LogP contribution in [0.3, 0.4) is 0 Å². The van der Waals surface area contributed by atoms with Crippen molar-refractivity contribution in [1.82, 2.24) is 4.90 Å². The lowest BCUT2D eigenvalue weighted by Crippen LogP contribution is -2.55. The van der Waals surface area contributed by atoms with Crippen LogP contribution in [-0.4, -0.2) is 44.3 Å². The van der Waals surface area contributed by atoms with Gasteiger partial charge < -0.3 is 10.5 Å². The van der Waals surface area contributed by atoms with Crippen LogP contribution in [0.5, 0.6) is 0 Å². The molecule has 0 aromatic rings. The minimum Gasteiger partial charge on any atom is -0.383 e. The highest BCUT2D eigenvalue weighted by molar-refractivity contribution is 4.97. The fourth-order valence-electron chi connectivity index (χ4n) is 3.43. The van der Waals surface area contributed by atoms with Crippen molar-refractivity contribution >= 4 is 0 Å². The lowest BCUT2D eigenvalue weighted by atomic mass is 9.65. The van der Waals surface area contributed by atoms with Gasteiger partial charge in [0.2, 0.25) is 0 Å². The Kier molecular flexibility index (Phi) is 6.28. The molecule has 0 atom stereocenters. The Hall–Kier alpha value is -0.120. The SMILES string of the molecule is CCC(C)(C)C1CCC(CN)(N(C)CCOC)CC1. The van der Waals surface area contributed by atoms with Crippen LogP contribution < -0.4 is 5.73 Å². The summed E-state index contributed by atoms with van der Waals surface area (Å²) in [4.78, 5) is 2.44. The van der Waals surface area contributed by atoms with Gasteiger partial charge >= 0.3 is 0 Å². The van der Waals surface area contributed by atoms with E-state index in [1.54, 1.807) is 7.11 Å². The Morgan fingerprint density at radius 2 is 1.89 bits per heavy atom. The number of ether oxygens (including phenoxy) is 1. The normalized spacial score (nSPS) is 28.9. The summed E-state index contributed by atoms with van der Waals surface area (Å²) in [5.74, 6) is 0.855. The second kappa shape index (κ2) is 7.05. The first kappa shape index (κ1) is 16.9. The van der Waals surface area contributed by atoms with E-state index >= 15 is 0 Å². The molecule has 1 fully saturated rings. The van der Waals surface area contributed by atoms with Crippen LogP contribution in [0, 0.1) is 11.3 Å². The van der Waals surface area contributed by atoms with Crippen LogP contribution in [0.4, 0.5) is 0 Å². The lowest BCUT2D eigenvalue weighted by molar-refractivity contribution is 0.0192. The van der Waals surface area contributed by atoms with Gasteiger partial charge in [-0.3, -0.25) is 4.90 Å². The van der Waals surface area contributed by atoms with Crippen LogP contribution in [-0.2, 0) is 4.74 Å². The first-order chi connectivity index (χ1) is 8.91. The first-order valence-corrected chi connectivity index (χ1v) is 7.82. The minimum atomic E-state index is 0.207. The fraction of sp³-hybridized carbons (Fsp3) is 1.00. The summed E-state index contributed by atoms with van der Waals surface area (Å²) >= 11 is 0. The Balaban J connectivity index is 2.61. The van der Waals surface area contributed by atoms with Gasteiger partial charge in [-0.1, -0.05) is 27.2 Å². The Morgan fingerprint density at radius 1 is 1.32 bits per heavy atom. The number of methoxy groups -OCH3 is 1. The molecule has 0 aliphatic heterocycles. The largest absolute Gasteiger partial charge is 0.383 e. The van der Waals surface area contributed by atoms with Gasteiger partial charge in [-0.15, -0.1) is 0 Å². The predicted octanol–water partition coefficient (Wildman–Crippen LogP) is 2.89. The summed E-state index contributed by atoms with van der Waals surface area (Å²) in [6.07, 6.45) is 6.37. The molecule has 0 aromatic heterocycles. The highest BCUT2D eigenvalue weighted by Gasteiger charge is 2.40. The van der Waals surface area contributed by atoms with Crippen LogP contribution in [0.15, 0.2) is 0 Å². The third kappa shape index (κ3) is 3.93. The molecule has 0 bridgehead atoms. The molecular weight excluding hydrogens is 236 g/mol. The molecule has 3 heteroatoms. The summed E-state index contributed by atoms with van der Waals surface area (Å²) in [5, 5.41) is 0. The molecule has 1 aliphatic rings. The van der Waals surface area contributed by atoms with Gasteiger partial charge in [0.05, 0.1) is 6.61 Å². The molecule has 0 saturated heterocycles. The van der Waals surface area contributed by atoms with Crippen LogP contribution in [0.2, 0.25) is 0 Å². The van der Waals surface area contributed by atoms with Gasteiger partial charge in [0.1, 0.15) is 0 Å².